The van der Waals surface area contributed by atoms with Gasteiger partial charge in [-0.1, -0.05) is 36.4 Å². The van der Waals surface area contributed by atoms with E-state index in [1.807, 2.05) is 36.5 Å². The maximum Gasteiger partial charge on any atom is 0.240 e. The number of benzene rings is 2. The number of nitrogens with zero attached hydrogens (tertiary/aromatic N) is 3. The quantitative estimate of drug-likeness (QED) is 0.567. The minimum atomic E-state index is -3.59. The molecule has 1 aromatic heterocycles. The summed E-state index contributed by atoms with van der Waals surface area (Å²) in [6.45, 7) is 3.51. The van der Waals surface area contributed by atoms with Crippen molar-refractivity contribution >= 4 is 15.7 Å². The molecule has 1 atom stereocenters. The molecule has 0 saturated carbocycles. The van der Waals surface area contributed by atoms with E-state index in [9.17, 15) is 8.42 Å². The second kappa shape index (κ2) is 10.1. The molecule has 0 aliphatic carbocycles. The number of hydrogen-bond donors (Lipinski definition) is 1. The lowest BCUT2D eigenvalue weighted by atomic mass is 10.1. The topological polar surface area (TPSA) is 74.8 Å². The molecule has 4 rings (SSSR count). The first-order valence-corrected chi connectivity index (χ1v) is 12.1. The fraction of sp³-hybridized carbons (Fsp3) is 0.292. The maximum absolute atomic E-state index is 12.8. The number of para-hydroxylation sites is 2. The summed E-state index contributed by atoms with van der Waals surface area (Å²) in [6, 6.07) is 20.3. The van der Waals surface area contributed by atoms with Crippen molar-refractivity contribution in [2.45, 2.75) is 10.9 Å². The van der Waals surface area contributed by atoms with E-state index in [1.54, 1.807) is 43.6 Å². The Bertz CT molecular complexity index is 1100. The summed E-state index contributed by atoms with van der Waals surface area (Å²) in [7, 11) is -1.90. The second-order valence-electron chi connectivity index (χ2n) is 7.66. The molecule has 0 spiro atoms. The van der Waals surface area contributed by atoms with E-state index in [2.05, 4.69) is 25.6 Å². The van der Waals surface area contributed by atoms with Crippen molar-refractivity contribution in [2.24, 2.45) is 0 Å². The first-order chi connectivity index (χ1) is 15.6. The molecule has 8 heteroatoms. The largest absolute Gasteiger partial charge is 0.495 e. The molecule has 168 valence electrons. The third-order valence-corrected chi connectivity index (χ3v) is 7.21. The number of pyridine rings is 1. The van der Waals surface area contributed by atoms with Gasteiger partial charge in [0.05, 0.1) is 23.7 Å². The van der Waals surface area contributed by atoms with Crippen LogP contribution < -0.4 is 14.4 Å². The molecule has 0 bridgehead atoms. The van der Waals surface area contributed by atoms with Crippen LogP contribution in [0, 0.1) is 0 Å². The van der Waals surface area contributed by atoms with Gasteiger partial charge in [-0.3, -0.25) is 9.88 Å². The van der Waals surface area contributed by atoms with E-state index in [0.717, 1.165) is 43.2 Å². The van der Waals surface area contributed by atoms with E-state index in [4.69, 9.17) is 4.74 Å². The van der Waals surface area contributed by atoms with E-state index in [1.165, 1.54) is 0 Å². The minimum absolute atomic E-state index is 0.109. The Labute approximate surface area is 189 Å². The molecule has 2 heterocycles. The molecule has 3 aromatic rings. The van der Waals surface area contributed by atoms with Crippen molar-refractivity contribution < 1.29 is 13.2 Å². The summed E-state index contributed by atoms with van der Waals surface area (Å²) >= 11 is 0. The van der Waals surface area contributed by atoms with E-state index < -0.39 is 10.0 Å². The number of piperazine rings is 1. The highest BCUT2D eigenvalue weighted by Gasteiger charge is 2.28. The molecule has 1 fully saturated rings. The van der Waals surface area contributed by atoms with E-state index >= 15 is 0 Å². The predicted molar refractivity (Wildman–Crippen MR) is 125 cm³/mol. The van der Waals surface area contributed by atoms with Crippen molar-refractivity contribution in [3.8, 4) is 5.75 Å². The standard InChI is InChI=1S/C24H28N4O3S/c1-31-24-12-6-5-11-22(24)27-14-16-28(17-15-27)23(20-8-7-13-25-18-20)19-26-32(29,30)21-9-3-2-4-10-21/h2-13,18,23,26H,14-17,19H2,1H3/t23-/m0/s1. The molecule has 1 aliphatic heterocycles. The van der Waals surface area contributed by atoms with E-state index in [0.29, 0.717) is 0 Å². The third kappa shape index (κ3) is 5.09. The molecule has 32 heavy (non-hydrogen) atoms. The molecule has 0 unspecified atom stereocenters. The van der Waals surface area contributed by atoms with Gasteiger partial charge in [-0.05, 0) is 35.9 Å². The number of rotatable bonds is 8. The van der Waals surface area contributed by atoms with Crippen molar-refractivity contribution in [1.82, 2.24) is 14.6 Å². The van der Waals surface area contributed by atoms with Gasteiger partial charge >= 0.3 is 0 Å². The molecular weight excluding hydrogens is 424 g/mol. The van der Waals surface area contributed by atoms with Gasteiger partial charge in [-0.15, -0.1) is 0 Å². The highest BCUT2D eigenvalue weighted by atomic mass is 32.2. The van der Waals surface area contributed by atoms with Crippen molar-refractivity contribution in [3.63, 3.8) is 0 Å². The van der Waals surface area contributed by atoms with Gasteiger partial charge in [0.15, 0.2) is 0 Å². The summed E-state index contributed by atoms with van der Waals surface area (Å²) in [5, 5.41) is 0. The van der Waals surface area contributed by atoms with Gasteiger partial charge < -0.3 is 9.64 Å². The van der Waals surface area contributed by atoms with Crippen LogP contribution in [0.4, 0.5) is 5.69 Å². The Kier molecular flexibility index (Phi) is 7.04. The Balaban J connectivity index is 1.49. The monoisotopic (exact) mass is 452 g/mol. The van der Waals surface area contributed by atoms with Gasteiger partial charge in [0.25, 0.3) is 0 Å². The highest BCUT2D eigenvalue weighted by molar-refractivity contribution is 7.89. The van der Waals surface area contributed by atoms with Crippen LogP contribution in [0.5, 0.6) is 5.75 Å². The zero-order valence-electron chi connectivity index (χ0n) is 18.1. The van der Waals surface area contributed by atoms with Gasteiger partial charge in [0, 0.05) is 45.1 Å². The average molecular weight is 453 g/mol. The molecule has 1 N–H and O–H groups in total. The maximum atomic E-state index is 12.8. The average Bonchev–Trinajstić information content (AvgIpc) is 2.86. The van der Waals surface area contributed by atoms with Gasteiger partial charge in [0.2, 0.25) is 10.0 Å². The SMILES string of the molecule is COc1ccccc1N1CCN([C@@H](CNS(=O)(=O)c2ccccc2)c2cccnc2)CC1. The number of methoxy groups -OCH3 is 1. The summed E-state index contributed by atoms with van der Waals surface area (Å²) < 4.78 is 33.9. The van der Waals surface area contributed by atoms with Crippen molar-refractivity contribution in [3.05, 3.63) is 84.7 Å². The molecule has 0 amide bonds. The summed E-state index contributed by atoms with van der Waals surface area (Å²) in [5.74, 6) is 0.861. The lowest BCUT2D eigenvalue weighted by molar-refractivity contribution is 0.186. The smallest absolute Gasteiger partial charge is 0.240 e. The number of aromatic nitrogens is 1. The molecule has 0 radical (unpaired) electrons. The molecule has 7 nitrogen and oxygen atoms in total. The first-order valence-electron chi connectivity index (χ1n) is 10.6. The van der Waals surface area contributed by atoms with E-state index in [-0.39, 0.29) is 17.5 Å². The Morgan fingerprint density at radius 3 is 2.38 bits per heavy atom. The Morgan fingerprint density at radius 2 is 1.69 bits per heavy atom. The summed E-state index contributed by atoms with van der Waals surface area (Å²) in [5.41, 5.74) is 2.08. The zero-order chi connectivity index (χ0) is 22.4. The molecular formula is C24H28N4O3S. The van der Waals surface area contributed by atoms with Crippen LogP contribution in [0.25, 0.3) is 0 Å². The second-order valence-corrected chi connectivity index (χ2v) is 9.43. The number of ether oxygens (including phenoxy) is 1. The predicted octanol–water partition coefficient (Wildman–Crippen LogP) is 2.93. The number of nitrogens with one attached hydrogen (secondary N) is 1. The fourth-order valence-corrected chi connectivity index (χ4v) is 5.13. The van der Waals surface area contributed by atoms with Crippen LogP contribution in [-0.2, 0) is 10.0 Å². The van der Waals surface area contributed by atoms with Crippen LogP contribution in [0.15, 0.2) is 84.0 Å². The zero-order valence-corrected chi connectivity index (χ0v) is 18.9. The van der Waals surface area contributed by atoms with Crippen molar-refractivity contribution in [2.75, 3.05) is 44.7 Å². The fourth-order valence-electron chi connectivity index (χ4n) is 4.07. The van der Waals surface area contributed by atoms with Crippen molar-refractivity contribution in [1.29, 1.82) is 0 Å². The number of hydrogen-bond acceptors (Lipinski definition) is 6. The molecule has 1 saturated heterocycles. The van der Waals surface area contributed by atoms with Gasteiger partial charge in [0.1, 0.15) is 5.75 Å². The van der Waals surface area contributed by atoms with Gasteiger partial charge in [-0.25, -0.2) is 13.1 Å². The van der Waals surface area contributed by atoms with Crippen LogP contribution in [0.1, 0.15) is 11.6 Å². The number of sulfonamides is 1. The normalized spacial score (nSPS) is 16.0. The Morgan fingerprint density at radius 1 is 0.969 bits per heavy atom. The highest BCUT2D eigenvalue weighted by Crippen LogP contribution is 2.30. The number of anilines is 1. The van der Waals surface area contributed by atoms with Gasteiger partial charge in [-0.2, -0.15) is 0 Å². The molecule has 2 aromatic carbocycles. The lowest BCUT2D eigenvalue weighted by Gasteiger charge is -2.40. The lowest BCUT2D eigenvalue weighted by Crippen LogP contribution is -2.50. The molecule has 1 aliphatic rings. The summed E-state index contributed by atoms with van der Waals surface area (Å²) in [4.78, 5) is 9.15. The van der Waals surface area contributed by atoms with Crippen LogP contribution in [-0.4, -0.2) is 58.1 Å². The Hall–Kier alpha value is -2.94. The first kappa shape index (κ1) is 22.3. The summed E-state index contributed by atoms with van der Waals surface area (Å²) in [6.07, 6.45) is 3.54. The van der Waals surface area contributed by atoms with Crippen LogP contribution in [0.2, 0.25) is 0 Å². The minimum Gasteiger partial charge on any atom is -0.495 e. The third-order valence-electron chi connectivity index (χ3n) is 5.77. The van der Waals surface area contributed by atoms with Crippen LogP contribution >= 0.6 is 0 Å². The van der Waals surface area contributed by atoms with Crippen LogP contribution in [0.3, 0.4) is 0 Å².